The monoisotopic (exact) mass is 296 g/mol. The van der Waals surface area contributed by atoms with Crippen LogP contribution in [0.5, 0.6) is 0 Å². The van der Waals surface area contributed by atoms with Crippen molar-refractivity contribution >= 4 is 11.7 Å². The number of carbonyl (C=O) groups excluding carboxylic acids is 1. The van der Waals surface area contributed by atoms with Gasteiger partial charge in [-0.3, -0.25) is 4.79 Å². The van der Waals surface area contributed by atoms with Gasteiger partial charge in [-0.25, -0.2) is 9.97 Å². The van der Waals surface area contributed by atoms with Gasteiger partial charge in [-0.15, -0.1) is 0 Å². The summed E-state index contributed by atoms with van der Waals surface area (Å²) in [6, 6.07) is 12.0. The van der Waals surface area contributed by atoms with E-state index in [1.54, 1.807) is 6.07 Å². The normalized spacial score (nSPS) is 14.0. The topological polar surface area (TPSA) is 66.9 Å². The third kappa shape index (κ3) is 3.61. The third-order valence-electron chi connectivity index (χ3n) is 3.34. The first-order valence-corrected chi connectivity index (χ1v) is 7.64. The van der Waals surface area contributed by atoms with Gasteiger partial charge in [0.25, 0.3) is 5.91 Å². The second kappa shape index (κ2) is 6.13. The lowest BCUT2D eigenvalue weighted by atomic mass is 10.2. The predicted octanol–water partition coefficient (Wildman–Crippen LogP) is 2.86. The molecule has 1 aliphatic rings. The first-order chi connectivity index (χ1) is 10.6. The average molecular weight is 296 g/mol. The number of aromatic nitrogens is 2. The molecule has 3 rings (SSSR count). The fraction of sp³-hybridized carbons (Fsp3) is 0.353. The van der Waals surface area contributed by atoms with Gasteiger partial charge in [0.2, 0.25) is 0 Å². The van der Waals surface area contributed by atoms with Gasteiger partial charge in [-0.05, 0) is 26.7 Å². The van der Waals surface area contributed by atoms with Gasteiger partial charge in [0.1, 0.15) is 11.5 Å². The van der Waals surface area contributed by atoms with Crippen LogP contribution in [0, 0.1) is 0 Å². The molecule has 0 unspecified atom stereocenters. The van der Waals surface area contributed by atoms with Crippen molar-refractivity contribution in [3.8, 4) is 11.4 Å². The van der Waals surface area contributed by atoms with E-state index in [-0.39, 0.29) is 11.9 Å². The highest BCUT2D eigenvalue weighted by Gasteiger charge is 2.22. The molecule has 1 heterocycles. The number of nitrogens with one attached hydrogen (secondary N) is 2. The number of nitrogens with zero attached hydrogens (tertiary/aromatic N) is 2. The van der Waals surface area contributed by atoms with Crippen LogP contribution >= 0.6 is 0 Å². The Bertz CT molecular complexity index is 666. The molecule has 22 heavy (non-hydrogen) atoms. The summed E-state index contributed by atoms with van der Waals surface area (Å²) >= 11 is 0. The zero-order valence-corrected chi connectivity index (χ0v) is 12.8. The van der Waals surface area contributed by atoms with Gasteiger partial charge in [-0.1, -0.05) is 30.3 Å². The molecule has 0 bridgehead atoms. The molecule has 114 valence electrons. The Hall–Kier alpha value is -2.43. The molecule has 5 heteroatoms. The maximum atomic E-state index is 12.3. The fourth-order valence-electron chi connectivity index (χ4n) is 2.13. The van der Waals surface area contributed by atoms with Gasteiger partial charge in [-0.2, -0.15) is 0 Å². The van der Waals surface area contributed by atoms with E-state index in [0.29, 0.717) is 23.4 Å². The molecule has 1 saturated carbocycles. The van der Waals surface area contributed by atoms with E-state index in [0.717, 1.165) is 18.4 Å². The summed E-state index contributed by atoms with van der Waals surface area (Å²) in [5.74, 6) is 1.11. The number of amides is 1. The lowest BCUT2D eigenvalue weighted by Gasteiger charge is -2.11. The minimum atomic E-state index is -0.173. The molecule has 0 aliphatic heterocycles. The molecular weight excluding hydrogens is 276 g/mol. The van der Waals surface area contributed by atoms with Crippen molar-refractivity contribution in [2.75, 3.05) is 5.32 Å². The molecule has 1 aromatic carbocycles. The molecule has 0 saturated heterocycles. The van der Waals surface area contributed by atoms with Crippen LogP contribution in [0.1, 0.15) is 37.2 Å². The highest BCUT2D eigenvalue weighted by Crippen LogP contribution is 2.25. The lowest BCUT2D eigenvalue weighted by Crippen LogP contribution is -2.31. The summed E-state index contributed by atoms with van der Waals surface area (Å²) in [4.78, 5) is 21.2. The van der Waals surface area contributed by atoms with Crippen LogP contribution in [0.4, 0.5) is 5.82 Å². The first kappa shape index (κ1) is 14.5. The summed E-state index contributed by atoms with van der Waals surface area (Å²) in [6.07, 6.45) is 2.30. The summed E-state index contributed by atoms with van der Waals surface area (Å²) in [6.45, 7) is 3.86. The number of hydrogen-bond donors (Lipinski definition) is 2. The molecular formula is C17H20N4O. The first-order valence-electron chi connectivity index (χ1n) is 7.64. The van der Waals surface area contributed by atoms with Crippen molar-refractivity contribution < 1.29 is 4.79 Å². The Labute approximate surface area is 130 Å². The van der Waals surface area contributed by atoms with E-state index >= 15 is 0 Å². The van der Waals surface area contributed by atoms with Crippen LogP contribution in [-0.4, -0.2) is 28.0 Å². The Kier molecular flexibility index (Phi) is 4.04. The van der Waals surface area contributed by atoms with Crippen molar-refractivity contribution in [2.45, 2.75) is 38.8 Å². The van der Waals surface area contributed by atoms with Gasteiger partial charge in [0.15, 0.2) is 5.82 Å². The summed E-state index contributed by atoms with van der Waals surface area (Å²) in [7, 11) is 0. The van der Waals surface area contributed by atoms with Crippen molar-refractivity contribution in [1.82, 2.24) is 15.3 Å². The van der Waals surface area contributed by atoms with Crippen molar-refractivity contribution in [1.29, 1.82) is 0 Å². The van der Waals surface area contributed by atoms with Crippen LogP contribution in [0.3, 0.4) is 0 Å². The van der Waals surface area contributed by atoms with Gasteiger partial charge in [0, 0.05) is 23.7 Å². The highest BCUT2D eigenvalue weighted by molar-refractivity contribution is 5.93. The molecule has 2 N–H and O–H groups in total. The van der Waals surface area contributed by atoms with Gasteiger partial charge < -0.3 is 10.6 Å². The molecule has 5 nitrogen and oxygen atoms in total. The third-order valence-corrected chi connectivity index (χ3v) is 3.34. The Balaban J connectivity index is 1.96. The molecule has 1 aromatic heterocycles. The number of anilines is 1. The van der Waals surface area contributed by atoms with Crippen LogP contribution in [0.2, 0.25) is 0 Å². The summed E-state index contributed by atoms with van der Waals surface area (Å²) < 4.78 is 0. The smallest absolute Gasteiger partial charge is 0.270 e. The maximum absolute atomic E-state index is 12.3. The molecule has 1 fully saturated rings. The van der Waals surface area contributed by atoms with Crippen LogP contribution in [-0.2, 0) is 0 Å². The van der Waals surface area contributed by atoms with E-state index in [9.17, 15) is 4.79 Å². The minimum absolute atomic E-state index is 0.0717. The SMILES string of the molecule is CC(C)NC(=O)c1cc(NC2CC2)nc(-c2ccccc2)n1. The zero-order valence-electron chi connectivity index (χ0n) is 12.8. The number of benzene rings is 1. The molecule has 1 aliphatic carbocycles. The molecule has 1 amide bonds. The summed E-state index contributed by atoms with van der Waals surface area (Å²) in [5, 5.41) is 6.22. The van der Waals surface area contributed by atoms with Crippen molar-refractivity contribution in [3.05, 3.63) is 42.1 Å². The van der Waals surface area contributed by atoms with Crippen molar-refractivity contribution in [2.24, 2.45) is 0 Å². The van der Waals surface area contributed by atoms with E-state index in [1.165, 1.54) is 0 Å². The Morgan fingerprint density at radius 3 is 2.55 bits per heavy atom. The maximum Gasteiger partial charge on any atom is 0.270 e. The van der Waals surface area contributed by atoms with E-state index in [4.69, 9.17) is 0 Å². The quantitative estimate of drug-likeness (QED) is 0.890. The van der Waals surface area contributed by atoms with E-state index < -0.39 is 0 Å². The number of hydrogen-bond acceptors (Lipinski definition) is 4. The van der Waals surface area contributed by atoms with Crippen LogP contribution < -0.4 is 10.6 Å². The highest BCUT2D eigenvalue weighted by atomic mass is 16.1. The average Bonchev–Trinajstić information content (AvgIpc) is 3.31. The van der Waals surface area contributed by atoms with Crippen molar-refractivity contribution in [3.63, 3.8) is 0 Å². The van der Waals surface area contributed by atoms with Gasteiger partial charge >= 0.3 is 0 Å². The van der Waals surface area contributed by atoms with E-state index in [2.05, 4.69) is 20.6 Å². The van der Waals surface area contributed by atoms with E-state index in [1.807, 2.05) is 44.2 Å². The van der Waals surface area contributed by atoms with Crippen LogP contribution in [0.25, 0.3) is 11.4 Å². The molecule has 0 radical (unpaired) electrons. The molecule has 0 spiro atoms. The Morgan fingerprint density at radius 2 is 1.91 bits per heavy atom. The predicted molar refractivity (Wildman–Crippen MR) is 86.7 cm³/mol. The summed E-state index contributed by atoms with van der Waals surface area (Å²) in [5.41, 5.74) is 1.30. The van der Waals surface area contributed by atoms with Gasteiger partial charge in [0.05, 0.1) is 0 Å². The molecule has 2 aromatic rings. The largest absolute Gasteiger partial charge is 0.367 e. The minimum Gasteiger partial charge on any atom is -0.367 e. The number of carbonyl (C=O) groups is 1. The Morgan fingerprint density at radius 1 is 1.18 bits per heavy atom. The molecule has 0 atom stereocenters. The standard InChI is InChI=1S/C17H20N4O/c1-11(2)18-17(22)14-10-15(19-13-8-9-13)21-16(20-14)12-6-4-3-5-7-12/h3-7,10-11,13H,8-9H2,1-2H3,(H,18,22)(H,19,20,21). The second-order valence-corrected chi connectivity index (χ2v) is 5.87. The zero-order chi connectivity index (χ0) is 15.5. The lowest BCUT2D eigenvalue weighted by molar-refractivity contribution is 0.0938. The second-order valence-electron chi connectivity index (χ2n) is 5.87. The van der Waals surface area contributed by atoms with Crippen LogP contribution in [0.15, 0.2) is 36.4 Å². The fourth-order valence-corrected chi connectivity index (χ4v) is 2.13. The number of rotatable bonds is 5.